The molecule has 1 atom stereocenters. The number of amides is 2. The summed E-state index contributed by atoms with van der Waals surface area (Å²) < 4.78 is 32.0. The van der Waals surface area contributed by atoms with Crippen LogP contribution in [0.15, 0.2) is 72.8 Å². The van der Waals surface area contributed by atoms with Crippen molar-refractivity contribution in [1.82, 2.24) is 10.2 Å². The van der Waals surface area contributed by atoms with Crippen LogP contribution in [0.4, 0.5) is 5.69 Å². The summed E-state index contributed by atoms with van der Waals surface area (Å²) in [6.45, 7) is 0.0919. The molecule has 4 rings (SSSR count). The zero-order valence-corrected chi connectivity index (χ0v) is 28.1. The lowest BCUT2D eigenvalue weighted by molar-refractivity contribution is -0.141. The second-order valence-corrected chi connectivity index (χ2v) is 14.1. The van der Waals surface area contributed by atoms with Gasteiger partial charge in [-0.05, 0) is 49.1 Å². The zero-order chi connectivity index (χ0) is 32.4. The molecule has 2 amide bonds. The zero-order valence-electron chi connectivity index (χ0n) is 25.8. The highest BCUT2D eigenvalue weighted by atomic mass is 35.5. The first-order valence-corrected chi connectivity index (χ1v) is 17.9. The van der Waals surface area contributed by atoms with Crippen LogP contribution in [0.25, 0.3) is 0 Å². The molecule has 0 spiro atoms. The molecule has 11 heteroatoms. The number of nitrogens with zero attached hydrogens (tertiary/aromatic N) is 2. The molecule has 0 heterocycles. The Bertz CT molecular complexity index is 1530. The van der Waals surface area contributed by atoms with E-state index in [1.54, 1.807) is 47.4 Å². The van der Waals surface area contributed by atoms with Crippen molar-refractivity contribution >= 4 is 50.7 Å². The summed E-state index contributed by atoms with van der Waals surface area (Å²) >= 11 is 13.1. The number of ether oxygens (including phenoxy) is 1. The summed E-state index contributed by atoms with van der Waals surface area (Å²) in [5.74, 6) is -0.00557. The third-order valence-corrected chi connectivity index (χ3v) is 10.0. The number of carbonyl (C=O) groups excluding carboxylic acids is 2. The molecule has 8 nitrogen and oxygen atoms in total. The lowest BCUT2D eigenvalue weighted by Gasteiger charge is -2.34. The first-order chi connectivity index (χ1) is 21.6. The van der Waals surface area contributed by atoms with Gasteiger partial charge < -0.3 is 15.0 Å². The lowest BCUT2D eigenvalue weighted by Crippen LogP contribution is -2.53. The van der Waals surface area contributed by atoms with Gasteiger partial charge in [-0.15, -0.1) is 0 Å². The average molecular weight is 675 g/mol. The van der Waals surface area contributed by atoms with Gasteiger partial charge in [-0.2, -0.15) is 0 Å². The van der Waals surface area contributed by atoms with Gasteiger partial charge in [0.25, 0.3) is 0 Å². The number of sulfonamides is 1. The fourth-order valence-electron chi connectivity index (χ4n) is 5.72. The maximum atomic E-state index is 14.1. The van der Waals surface area contributed by atoms with Crippen LogP contribution in [-0.4, -0.2) is 57.1 Å². The SMILES string of the molecule is COc1cccc(N(CCCC(=O)N(Cc2c(Cl)cccc2Cl)C(Cc2ccccc2)C(=O)NC2CCCCC2)S(C)(=O)=O)c1. The number of methoxy groups -OCH3 is 1. The highest BCUT2D eigenvalue weighted by Gasteiger charge is 2.33. The standard InChI is InChI=1S/C34H41Cl2N3O5S/c1-44-28-17-9-16-27(23-28)39(45(2,42)43)21-11-20-33(40)38(24-29-30(35)18-10-19-31(29)36)32(22-25-12-5-3-6-13-25)34(41)37-26-14-7-4-8-15-26/h3,5-6,9-10,12-13,16-19,23,26,32H,4,7-8,11,14-15,20-22,24H2,1-2H3,(H,37,41). The molecule has 0 aromatic heterocycles. The van der Waals surface area contributed by atoms with E-state index in [2.05, 4.69) is 5.32 Å². The summed E-state index contributed by atoms with van der Waals surface area (Å²) in [4.78, 5) is 29.7. The van der Waals surface area contributed by atoms with Crippen LogP contribution in [0.2, 0.25) is 10.0 Å². The third kappa shape index (κ3) is 9.86. The van der Waals surface area contributed by atoms with Crippen molar-refractivity contribution in [1.29, 1.82) is 0 Å². The molecule has 1 saturated carbocycles. The van der Waals surface area contributed by atoms with E-state index in [0.717, 1.165) is 43.9 Å². The van der Waals surface area contributed by atoms with Gasteiger partial charge in [0, 0.05) is 53.6 Å². The molecule has 1 fully saturated rings. The summed E-state index contributed by atoms with van der Waals surface area (Å²) in [5, 5.41) is 4.01. The number of halogens is 2. The minimum absolute atomic E-state index is 0.0000579. The van der Waals surface area contributed by atoms with E-state index in [4.69, 9.17) is 27.9 Å². The normalized spacial score (nSPS) is 14.4. The quantitative estimate of drug-likeness (QED) is 0.207. The molecule has 1 aliphatic carbocycles. The molecule has 1 aliphatic rings. The van der Waals surface area contributed by atoms with Gasteiger partial charge in [0.1, 0.15) is 11.8 Å². The molecular formula is C34H41Cl2N3O5S. The molecule has 242 valence electrons. The fourth-order valence-corrected chi connectivity index (χ4v) is 7.20. The minimum Gasteiger partial charge on any atom is -0.497 e. The minimum atomic E-state index is -3.65. The van der Waals surface area contributed by atoms with E-state index in [9.17, 15) is 18.0 Å². The van der Waals surface area contributed by atoms with Crippen LogP contribution < -0.4 is 14.4 Å². The van der Waals surface area contributed by atoms with Gasteiger partial charge in [-0.3, -0.25) is 13.9 Å². The van der Waals surface area contributed by atoms with Gasteiger partial charge in [-0.25, -0.2) is 8.42 Å². The smallest absolute Gasteiger partial charge is 0.243 e. The third-order valence-electron chi connectivity index (χ3n) is 8.11. The van der Waals surface area contributed by atoms with Crippen LogP contribution in [0.3, 0.4) is 0 Å². The second-order valence-electron chi connectivity index (χ2n) is 11.4. The van der Waals surface area contributed by atoms with Gasteiger partial charge in [-0.1, -0.05) is 84.9 Å². The molecule has 3 aromatic rings. The number of nitrogens with one attached hydrogen (secondary N) is 1. The number of hydrogen-bond donors (Lipinski definition) is 1. The van der Waals surface area contributed by atoms with E-state index in [1.165, 1.54) is 11.4 Å². The average Bonchev–Trinajstić information content (AvgIpc) is 3.02. The van der Waals surface area contributed by atoms with Crippen LogP contribution in [0.5, 0.6) is 5.75 Å². The Labute approximate surface area is 276 Å². The largest absolute Gasteiger partial charge is 0.497 e. The van der Waals surface area contributed by atoms with E-state index >= 15 is 0 Å². The van der Waals surface area contributed by atoms with Crippen molar-refractivity contribution in [3.63, 3.8) is 0 Å². The lowest BCUT2D eigenvalue weighted by atomic mass is 9.94. The molecule has 0 bridgehead atoms. The van der Waals surface area contributed by atoms with Crippen molar-refractivity contribution in [2.24, 2.45) is 0 Å². The van der Waals surface area contributed by atoms with Gasteiger partial charge in [0.05, 0.1) is 19.1 Å². The Balaban J connectivity index is 1.62. The molecule has 1 N–H and O–H groups in total. The Morgan fingerprint density at radius 1 is 0.956 bits per heavy atom. The Hall–Kier alpha value is -3.27. The molecule has 0 saturated heterocycles. The van der Waals surface area contributed by atoms with Crippen molar-refractivity contribution in [3.8, 4) is 5.75 Å². The van der Waals surface area contributed by atoms with E-state index in [0.29, 0.717) is 33.5 Å². The van der Waals surface area contributed by atoms with Gasteiger partial charge >= 0.3 is 0 Å². The number of hydrogen-bond acceptors (Lipinski definition) is 5. The molecule has 3 aromatic carbocycles. The molecule has 1 unspecified atom stereocenters. The molecular weight excluding hydrogens is 633 g/mol. The predicted octanol–water partition coefficient (Wildman–Crippen LogP) is 6.64. The highest BCUT2D eigenvalue weighted by Crippen LogP contribution is 2.29. The topological polar surface area (TPSA) is 96.0 Å². The maximum absolute atomic E-state index is 14.1. The summed E-state index contributed by atoms with van der Waals surface area (Å²) in [5.41, 5.74) is 1.90. The number of anilines is 1. The van der Waals surface area contributed by atoms with Crippen molar-refractivity contribution in [3.05, 3.63) is 94.0 Å². The monoisotopic (exact) mass is 673 g/mol. The van der Waals surface area contributed by atoms with Crippen molar-refractivity contribution in [2.45, 2.75) is 70.0 Å². The van der Waals surface area contributed by atoms with Gasteiger partial charge in [0.15, 0.2) is 0 Å². The van der Waals surface area contributed by atoms with Crippen LogP contribution in [-0.2, 0) is 32.6 Å². The molecule has 0 radical (unpaired) electrons. The fraction of sp³-hybridized carbons (Fsp3) is 0.412. The van der Waals surface area contributed by atoms with Gasteiger partial charge in [0.2, 0.25) is 21.8 Å². The van der Waals surface area contributed by atoms with E-state index in [-0.39, 0.29) is 43.8 Å². The number of carbonyl (C=O) groups is 2. The van der Waals surface area contributed by atoms with Crippen LogP contribution in [0.1, 0.15) is 56.1 Å². The van der Waals surface area contributed by atoms with Crippen molar-refractivity contribution in [2.75, 3.05) is 24.2 Å². The maximum Gasteiger partial charge on any atom is 0.243 e. The second kappa shape index (κ2) is 16.3. The highest BCUT2D eigenvalue weighted by molar-refractivity contribution is 7.92. The summed E-state index contributed by atoms with van der Waals surface area (Å²) in [6, 6.07) is 20.7. The Morgan fingerprint density at radius 3 is 2.27 bits per heavy atom. The predicted molar refractivity (Wildman–Crippen MR) is 180 cm³/mol. The van der Waals surface area contributed by atoms with E-state index < -0.39 is 16.1 Å². The Morgan fingerprint density at radius 2 is 1.62 bits per heavy atom. The summed E-state index contributed by atoms with van der Waals surface area (Å²) in [6.07, 6.45) is 6.71. The van der Waals surface area contributed by atoms with Crippen LogP contribution in [0, 0.1) is 0 Å². The van der Waals surface area contributed by atoms with Crippen LogP contribution >= 0.6 is 23.2 Å². The first-order valence-electron chi connectivity index (χ1n) is 15.2. The summed E-state index contributed by atoms with van der Waals surface area (Å²) in [7, 11) is -2.14. The van der Waals surface area contributed by atoms with Crippen molar-refractivity contribution < 1.29 is 22.7 Å². The Kier molecular flexibility index (Phi) is 12.6. The molecule has 45 heavy (non-hydrogen) atoms. The number of benzene rings is 3. The van der Waals surface area contributed by atoms with E-state index in [1.807, 2.05) is 30.3 Å². The number of rotatable bonds is 14. The molecule has 0 aliphatic heterocycles. The first kappa shape index (κ1) is 34.6.